The van der Waals surface area contributed by atoms with E-state index in [1.165, 1.54) is 0 Å². The number of ether oxygens (including phenoxy) is 1. The Morgan fingerprint density at radius 3 is 2.62 bits per heavy atom. The number of H-pyrrole nitrogens is 1. The fraction of sp³-hybridized carbons (Fsp3) is 0.364. The molecule has 0 spiro atoms. The minimum atomic E-state index is -0.271. The van der Waals surface area contributed by atoms with E-state index in [2.05, 4.69) is 66.0 Å². The number of aromatic nitrogens is 2. The maximum absolute atomic E-state index is 12.6. The van der Waals surface area contributed by atoms with Crippen LogP contribution in [0.1, 0.15) is 25.0 Å². The smallest absolute Gasteiger partial charge is 0.243 e. The third kappa shape index (κ3) is 3.47. The Kier molecular flexibility index (Phi) is 5.02. The number of hydrazine groups is 1. The van der Waals surface area contributed by atoms with E-state index in [1.807, 2.05) is 12.1 Å². The van der Waals surface area contributed by atoms with Gasteiger partial charge >= 0.3 is 0 Å². The molecular formula is C22H27N5O2. The van der Waals surface area contributed by atoms with Crippen LogP contribution in [-0.4, -0.2) is 35.1 Å². The topological polar surface area (TPSA) is 91.1 Å². The summed E-state index contributed by atoms with van der Waals surface area (Å²) in [5.74, 6) is 1.02. The first-order chi connectivity index (χ1) is 13.9. The molecule has 2 aromatic heterocycles. The second kappa shape index (κ2) is 7.50. The van der Waals surface area contributed by atoms with Gasteiger partial charge in [0, 0.05) is 22.7 Å². The van der Waals surface area contributed by atoms with Gasteiger partial charge in [0.05, 0.1) is 19.0 Å². The van der Waals surface area contributed by atoms with E-state index >= 15 is 0 Å². The van der Waals surface area contributed by atoms with Gasteiger partial charge in [-0.2, -0.15) is 0 Å². The maximum atomic E-state index is 12.6. The number of nitrogens with zero attached hydrogens (tertiary/aromatic N) is 1. The molecule has 0 saturated carbocycles. The summed E-state index contributed by atoms with van der Waals surface area (Å²) in [7, 11) is 1.68. The number of rotatable bonds is 4. The second-order valence-corrected chi connectivity index (χ2v) is 7.81. The zero-order chi connectivity index (χ0) is 20.7. The SMILES string of the molecule is COc1ccc(-c2cc3cc(NC(=O)C4NNC(C)C4C)cnc3[nH]2)c(C)c1C. The molecule has 1 aromatic carbocycles. The van der Waals surface area contributed by atoms with Crippen LogP contribution in [0.5, 0.6) is 5.75 Å². The average molecular weight is 393 g/mol. The maximum Gasteiger partial charge on any atom is 0.243 e. The van der Waals surface area contributed by atoms with Crippen LogP contribution in [0.4, 0.5) is 5.69 Å². The minimum Gasteiger partial charge on any atom is -0.496 e. The number of nitrogens with one attached hydrogen (secondary N) is 4. The van der Waals surface area contributed by atoms with Crippen LogP contribution in [0, 0.1) is 19.8 Å². The standard InChI is InChI=1S/C22H27N5O2/c1-11-12(2)19(29-5)7-6-17(11)18-9-15-8-16(10-23-21(15)25-18)24-22(28)20-13(3)14(4)26-27-20/h6-10,13-14,20,26-27H,1-5H3,(H,23,25)(H,24,28). The van der Waals surface area contributed by atoms with Crippen molar-refractivity contribution in [1.82, 2.24) is 20.8 Å². The summed E-state index contributed by atoms with van der Waals surface area (Å²) < 4.78 is 5.41. The fourth-order valence-corrected chi connectivity index (χ4v) is 3.83. The van der Waals surface area contributed by atoms with Crippen molar-refractivity contribution in [3.63, 3.8) is 0 Å². The van der Waals surface area contributed by atoms with Crippen molar-refractivity contribution in [3.8, 4) is 17.0 Å². The van der Waals surface area contributed by atoms with Gasteiger partial charge < -0.3 is 15.0 Å². The Morgan fingerprint density at radius 2 is 1.93 bits per heavy atom. The molecule has 0 aliphatic carbocycles. The van der Waals surface area contributed by atoms with E-state index in [4.69, 9.17) is 4.74 Å². The monoisotopic (exact) mass is 393 g/mol. The highest BCUT2D eigenvalue weighted by Crippen LogP contribution is 2.32. The van der Waals surface area contributed by atoms with E-state index in [9.17, 15) is 4.79 Å². The first kappa shape index (κ1) is 19.4. The van der Waals surface area contributed by atoms with Gasteiger partial charge in [0.15, 0.2) is 0 Å². The molecule has 7 nitrogen and oxygen atoms in total. The predicted molar refractivity (Wildman–Crippen MR) is 115 cm³/mol. The highest BCUT2D eigenvalue weighted by atomic mass is 16.5. The number of aromatic amines is 1. The van der Waals surface area contributed by atoms with Crippen LogP contribution in [-0.2, 0) is 4.79 Å². The number of hydrogen-bond acceptors (Lipinski definition) is 5. The molecule has 3 heterocycles. The van der Waals surface area contributed by atoms with Gasteiger partial charge in [-0.05, 0) is 62.1 Å². The minimum absolute atomic E-state index is 0.0621. The first-order valence-electron chi connectivity index (χ1n) is 9.84. The normalized spacial score (nSPS) is 21.5. The molecule has 1 amide bonds. The van der Waals surface area contributed by atoms with E-state index in [0.29, 0.717) is 5.69 Å². The third-order valence-corrected chi connectivity index (χ3v) is 6.05. The lowest BCUT2D eigenvalue weighted by atomic mass is 9.97. The van der Waals surface area contributed by atoms with E-state index in [0.717, 1.165) is 39.2 Å². The van der Waals surface area contributed by atoms with Crippen LogP contribution in [0.3, 0.4) is 0 Å². The van der Waals surface area contributed by atoms with Crippen molar-refractivity contribution in [2.45, 2.75) is 39.8 Å². The molecule has 0 bridgehead atoms. The summed E-state index contributed by atoms with van der Waals surface area (Å²) in [6, 6.07) is 8.01. The predicted octanol–water partition coefficient (Wildman–Crippen LogP) is 3.29. The summed E-state index contributed by atoms with van der Waals surface area (Å²) in [5, 5.41) is 3.93. The number of pyridine rings is 1. The van der Waals surface area contributed by atoms with Gasteiger partial charge in [0.1, 0.15) is 17.4 Å². The molecule has 1 aliphatic rings. The fourth-order valence-electron chi connectivity index (χ4n) is 3.83. The molecule has 1 fully saturated rings. The summed E-state index contributed by atoms with van der Waals surface area (Å²) in [5.41, 5.74) is 12.0. The summed E-state index contributed by atoms with van der Waals surface area (Å²) in [6.45, 7) is 8.26. The van der Waals surface area contributed by atoms with Crippen LogP contribution in [0.2, 0.25) is 0 Å². The van der Waals surface area contributed by atoms with Crippen molar-refractivity contribution in [2.75, 3.05) is 12.4 Å². The zero-order valence-corrected chi connectivity index (χ0v) is 17.4. The quantitative estimate of drug-likeness (QED) is 0.546. The Labute approximate surface area is 170 Å². The highest BCUT2D eigenvalue weighted by Gasteiger charge is 2.34. The Hall–Kier alpha value is -2.90. The molecule has 4 rings (SSSR count). The first-order valence-corrected chi connectivity index (χ1v) is 9.84. The Morgan fingerprint density at radius 1 is 1.14 bits per heavy atom. The number of carbonyl (C=O) groups excluding carboxylic acids is 1. The van der Waals surface area contributed by atoms with E-state index in [-0.39, 0.29) is 23.9 Å². The molecule has 1 aliphatic heterocycles. The zero-order valence-electron chi connectivity index (χ0n) is 17.4. The van der Waals surface area contributed by atoms with Crippen LogP contribution in [0.25, 0.3) is 22.3 Å². The number of anilines is 1. The molecule has 7 heteroatoms. The van der Waals surface area contributed by atoms with Crippen molar-refractivity contribution >= 4 is 22.6 Å². The summed E-state index contributed by atoms with van der Waals surface area (Å²) in [4.78, 5) is 20.5. The van der Waals surface area contributed by atoms with Crippen LogP contribution in [0.15, 0.2) is 30.5 Å². The number of benzene rings is 1. The van der Waals surface area contributed by atoms with Gasteiger partial charge in [-0.25, -0.2) is 10.4 Å². The van der Waals surface area contributed by atoms with Crippen molar-refractivity contribution < 1.29 is 9.53 Å². The Bertz CT molecular complexity index is 1070. The van der Waals surface area contributed by atoms with Crippen molar-refractivity contribution in [2.24, 2.45) is 5.92 Å². The molecule has 3 atom stereocenters. The van der Waals surface area contributed by atoms with E-state index < -0.39 is 0 Å². The van der Waals surface area contributed by atoms with Gasteiger partial charge in [-0.15, -0.1) is 0 Å². The van der Waals surface area contributed by atoms with Gasteiger partial charge in [-0.3, -0.25) is 10.2 Å². The molecule has 152 valence electrons. The van der Waals surface area contributed by atoms with E-state index in [1.54, 1.807) is 13.3 Å². The highest BCUT2D eigenvalue weighted by molar-refractivity contribution is 5.97. The second-order valence-electron chi connectivity index (χ2n) is 7.81. The largest absolute Gasteiger partial charge is 0.496 e. The molecule has 1 saturated heterocycles. The molecule has 4 N–H and O–H groups in total. The van der Waals surface area contributed by atoms with Crippen molar-refractivity contribution in [3.05, 3.63) is 41.6 Å². The number of carbonyl (C=O) groups is 1. The number of fused-ring (bicyclic) bond motifs is 1. The number of methoxy groups -OCH3 is 1. The molecule has 0 radical (unpaired) electrons. The number of hydrogen-bond donors (Lipinski definition) is 4. The lowest BCUT2D eigenvalue weighted by Crippen LogP contribution is -2.41. The van der Waals surface area contributed by atoms with Crippen LogP contribution < -0.4 is 20.9 Å². The lowest BCUT2D eigenvalue weighted by Gasteiger charge is -2.15. The van der Waals surface area contributed by atoms with Gasteiger partial charge in [0.25, 0.3) is 0 Å². The molecule has 3 aromatic rings. The molecule has 29 heavy (non-hydrogen) atoms. The average Bonchev–Trinajstić information content (AvgIpc) is 3.27. The van der Waals surface area contributed by atoms with Crippen LogP contribution >= 0.6 is 0 Å². The van der Waals surface area contributed by atoms with Gasteiger partial charge in [0.2, 0.25) is 5.91 Å². The lowest BCUT2D eigenvalue weighted by molar-refractivity contribution is -0.118. The Balaban J connectivity index is 1.60. The summed E-state index contributed by atoms with van der Waals surface area (Å²) in [6.07, 6.45) is 1.68. The van der Waals surface area contributed by atoms with Gasteiger partial charge in [-0.1, -0.05) is 6.92 Å². The van der Waals surface area contributed by atoms with Crippen molar-refractivity contribution in [1.29, 1.82) is 0 Å². The molecular weight excluding hydrogens is 366 g/mol. The molecule has 3 unspecified atom stereocenters. The number of amides is 1. The third-order valence-electron chi connectivity index (χ3n) is 6.05. The summed E-state index contributed by atoms with van der Waals surface area (Å²) >= 11 is 0.